The third-order valence-electron chi connectivity index (χ3n) is 3.46. The standard InChI is InChI=1S/C18H15NO3/c1-12-6-8-13(9-7-12)11-22-18(21)15-10-17(20)19-16-5-3-2-4-14(15)16/h2-10H,11H2,1H3,(H,19,20). The van der Waals surface area contributed by atoms with E-state index in [4.69, 9.17) is 4.74 Å². The van der Waals surface area contributed by atoms with Gasteiger partial charge < -0.3 is 9.72 Å². The smallest absolute Gasteiger partial charge is 0.339 e. The SMILES string of the molecule is Cc1ccc(COC(=O)c2cc(=O)[nH]c3ccccc23)cc1. The molecule has 110 valence electrons. The second kappa shape index (κ2) is 5.85. The minimum absolute atomic E-state index is 0.181. The van der Waals surface area contributed by atoms with Crippen LogP contribution in [0.1, 0.15) is 21.5 Å². The number of ether oxygens (including phenoxy) is 1. The molecule has 0 fully saturated rings. The van der Waals surface area contributed by atoms with Gasteiger partial charge in [-0.15, -0.1) is 0 Å². The lowest BCUT2D eigenvalue weighted by Crippen LogP contribution is -2.12. The van der Waals surface area contributed by atoms with Crippen molar-refractivity contribution in [2.24, 2.45) is 0 Å². The summed E-state index contributed by atoms with van der Waals surface area (Å²) in [6.07, 6.45) is 0. The van der Waals surface area contributed by atoms with E-state index >= 15 is 0 Å². The molecule has 3 aromatic rings. The van der Waals surface area contributed by atoms with Crippen LogP contribution in [0.4, 0.5) is 0 Å². The van der Waals surface area contributed by atoms with Crippen molar-refractivity contribution in [3.8, 4) is 0 Å². The quantitative estimate of drug-likeness (QED) is 0.754. The monoisotopic (exact) mass is 293 g/mol. The van der Waals surface area contributed by atoms with Crippen molar-refractivity contribution in [1.29, 1.82) is 0 Å². The van der Waals surface area contributed by atoms with E-state index in [1.165, 1.54) is 6.07 Å². The van der Waals surface area contributed by atoms with Gasteiger partial charge >= 0.3 is 5.97 Å². The van der Waals surface area contributed by atoms with Crippen LogP contribution in [-0.4, -0.2) is 11.0 Å². The normalized spacial score (nSPS) is 10.6. The number of benzene rings is 2. The van der Waals surface area contributed by atoms with Gasteiger partial charge in [0.05, 0.1) is 5.56 Å². The molecule has 3 rings (SSSR count). The highest BCUT2D eigenvalue weighted by Crippen LogP contribution is 2.16. The van der Waals surface area contributed by atoms with Gasteiger partial charge in [-0.1, -0.05) is 48.0 Å². The van der Waals surface area contributed by atoms with Gasteiger partial charge in [-0.2, -0.15) is 0 Å². The van der Waals surface area contributed by atoms with Crippen molar-refractivity contribution in [3.05, 3.63) is 81.6 Å². The van der Waals surface area contributed by atoms with Crippen LogP contribution in [-0.2, 0) is 11.3 Å². The molecule has 2 aromatic carbocycles. The molecule has 0 saturated carbocycles. The Morgan fingerprint density at radius 2 is 1.82 bits per heavy atom. The Morgan fingerprint density at radius 3 is 2.59 bits per heavy atom. The number of aromatic amines is 1. The maximum absolute atomic E-state index is 12.3. The van der Waals surface area contributed by atoms with E-state index in [9.17, 15) is 9.59 Å². The summed E-state index contributed by atoms with van der Waals surface area (Å²) in [5, 5.41) is 0.677. The summed E-state index contributed by atoms with van der Waals surface area (Å²) in [7, 11) is 0. The van der Waals surface area contributed by atoms with E-state index in [0.717, 1.165) is 11.1 Å². The highest BCUT2D eigenvalue weighted by molar-refractivity contribution is 6.03. The van der Waals surface area contributed by atoms with Gasteiger partial charge in [0.25, 0.3) is 0 Å². The predicted molar refractivity (Wildman–Crippen MR) is 84.9 cm³/mol. The summed E-state index contributed by atoms with van der Waals surface area (Å²) in [4.78, 5) is 26.6. The van der Waals surface area contributed by atoms with Crippen LogP contribution in [0.3, 0.4) is 0 Å². The van der Waals surface area contributed by atoms with E-state index in [0.29, 0.717) is 10.9 Å². The summed E-state index contributed by atoms with van der Waals surface area (Å²) in [6, 6.07) is 16.2. The Balaban J connectivity index is 1.86. The topological polar surface area (TPSA) is 59.2 Å². The molecule has 1 aromatic heterocycles. The molecule has 0 aliphatic heterocycles. The number of fused-ring (bicyclic) bond motifs is 1. The third kappa shape index (κ3) is 2.91. The number of pyridine rings is 1. The number of hydrogen-bond acceptors (Lipinski definition) is 3. The zero-order valence-corrected chi connectivity index (χ0v) is 12.1. The average molecular weight is 293 g/mol. The number of rotatable bonds is 3. The van der Waals surface area contributed by atoms with Crippen molar-refractivity contribution in [3.63, 3.8) is 0 Å². The number of para-hydroxylation sites is 1. The van der Waals surface area contributed by atoms with Crippen LogP contribution in [0, 0.1) is 6.92 Å². The Morgan fingerprint density at radius 1 is 1.09 bits per heavy atom. The molecule has 0 aliphatic carbocycles. The van der Waals surface area contributed by atoms with E-state index in [2.05, 4.69) is 4.98 Å². The van der Waals surface area contributed by atoms with Gasteiger partial charge in [-0.25, -0.2) is 4.79 Å². The molecule has 4 heteroatoms. The number of esters is 1. The molecule has 0 spiro atoms. The molecular formula is C18H15NO3. The second-order valence-corrected chi connectivity index (χ2v) is 5.15. The lowest BCUT2D eigenvalue weighted by atomic mass is 10.1. The second-order valence-electron chi connectivity index (χ2n) is 5.15. The van der Waals surface area contributed by atoms with Gasteiger partial charge in [0.2, 0.25) is 5.56 Å². The van der Waals surface area contributed by atoms with Crippen molar-refractivity contribution >= 4 is 16.9 Å². The molecule has 4 nitrogen and oxygen atoms in total. The minimum Gasteiger partial charge on any atom is -0.457 e. The van der Waals surface area contributed by atoms with Crippen LogP contribution in [0.2, 0.25) is 0 Å². The summed E-state index contributed by atoms with van der Waals surface area (Å²) in [5.74, 6) is -0.497. The summed E-state index contributed by atoms with van der Waals surface area (Å²) in [5.41, 5.74) is 2.65. The number of H-pyrrole nitrogens is 1. The van der Waals surface area contributed by atoms with Crippen LogP contribution < -0.4 is 5.56 Å². The zero-order valence-electron chi connectivity index (χ0n) is 12.1. The Labute approximate surface area is 127 Å². The fraction of sp³-hybridized carbons (Fsp3) is 0.111. The average Bonchev–Trinajstić information content (AvgIpc) is 2.53. The van der Waals surface area contributed by atoms with Gasteiger partial charge in [0.15, 0.2) is 0 Å². The van der Waals surface area contributed by atoms with Crippen LogP contribution >= 0.6 is 0 Å². The summed E-state index contributed by atoms with van der Waals surface area (Å²) >= 11 is 0. The highest BCUT2D eigenvalue weighted by atomic mass is 16.5. The van der Waals surface area contributed by atoms with Gasteiger partial charge in [0.1, 0.15) is 6.61 Å². The number of nitrogens with one attached hydrogen (secondary N) is 1. The Kier molecular flexibility index (Phi) is 3.74. The highest BCUT2D eigenvalue weighted by Gasteiger charge is 2.13. The molecule has 0 bridgehead atoms. The molecule has 0 radical (unpaired) electrons. The van der Waals surface area contributed by atoms with Crippen LogP contribution in [0.15, 0.2) is 59.4 Å². The van der Waals surface area contributed by atoms with E-state index in [1.807, 2.05) is 37.3 Å². The molecule has 22 heavy (non-hydrogen) atoms. The summed E-state index contributed by atoms with van der Waals surface area (Å²) in [6.45, 7) is 2.18. The Hall–Kier alpha value is -2.88. The van der Waals surface area contributed by atoms with E-state index < -0.39 is 5.97 Å². The van der Waals surface area contributed by atoms with Gasteiger partial charge in [0, 0.05) is 17.0 Å². The molecule has 1 heterocycles. The first-order valence-corrected chi connectivity index (χ1v) is 6.98. The minimum atomic E-state index is -0.497. The number of aryl methyl sites for hydroxylation is 1. The number of aromatic nitrogens is 1. The first-order chi connectivity index (χ1) is 10.6. The van der Waals surface area contributed by atoms with Gasteiger partial charge in [-0.05, 0) is 18.6 Å². The lowest BCUT2D eigenvalue weighted by Gasteiger charge is -2.07. The van der Waals surface area contributed by atoms with Crippen molar-refractivity contribution in [1.82, 2.24) is 4.98 Å². The van der Waals surface area contributed by atoms with E-state index in [-0.39, 0.29) is 17.7 Å². The number of carbonyl (C=O) groups is 1. The molecule has 1 N–H and O–H groups in total. The van der Waals surface area contributed by atoms with Crippen LogP contribution in [0.5, 0.6) is 0 Å². The van der Waals surface area contributed by atoms with Crippen molar-refractivity contribution < 1.29 is 9.53 Å². The predicted octanol–water partition coefficient (Wildman–Crippen LogP) is 3.19. The fourth-order valence-electron chi connectivity index (χ4n) is 2.28. The first kappa shape index (κ1) is 14.1. The third-order valence-corrected chi connectivity index (χ3v) is 3.46. The molecule has 0 saturated heterocycles. The molecular weight excluding hydrogens is 278 g/mol. The van der Waals surface area contributed by atoms with Gasteiger partial charge in [-0.3, -0.25) is 4.79 Å². The number of hydrogen-bond donors (Lipinski definition) is 1. The maximum Gasteiger partial charge on any atom is 0.339 e. The number of carbonyl (C=O) groups excluding carboxylic acids is 1. The first-order valence-electron chi connectivity index (χ1n) is 6.98. The lowest BCUT2D eigenvalue weighted by molar-refractivity contribution is 0.0475. The zero-order chi connectivity index (χ0) is 15.5. The van der Waals surface area contributed by atoms with Crippen molar-refractivity contribution in [2.75, 3.05) is 0 Å². The molecule has 0 atom stereocenters. The fourth-order valence-corrected chi connectivity index (χ4v) is 2.28. The molecule has 0 aliphatic rings. The Bertz CT molecular complexity index is 879. The maximum atomic E-state index is 12.3. The largest absolute Gasteiger partial charge is 0.457 e. The van der Waals surface area contributed by atoms with Crippen molar-refractivity contribution in [2.45, 2.75) is 13.5 Å². The molecule has 0 amide bonds. The molecule has 0 unspecified atom stereocenters. The van der Waals surface area contributed by atoms with Crippen LogP contribution in [0.25, 0.3) is 10.9 Å². The summed E-state index contributed by atoms with van der Waals surface area (Å²) < 4.78 is 5.33. The van der Waals surface area contributed by atoms with E-state index in [1.54, 1.807) is 18.2 Å².